The summed E-state index contributed by atoms with van der Waals surface area (Å²) >= 11 is 6.16. The molecule has 1 heterocycles. The molecule has 0 unspecified atom stereocenters. The number of benzene rings is 1. The lowest BCUT2D eigenvalue weighted by atomic mass is 10.2. The van der Waals surface area contributed by atoms with Gasteiger partial charge in [-0.05, 0) is 30.7 Å². The fourth-order valence-electron chi connectivity index (χ4n) is 1.76. The largest absolute Gasteiger partial charge is 0.437 e. The highest BCUT2D eigenvalue weighted by molar-refractivity contribution is 6.32. The first kappa shape index (κ1) is 14.8. The van der Waals surface area contributed by atoms with E-state index in [1.165, 1.54) is 0 Å². The van der Waals surface area contributed by atoms with Gasteiger partial charge >= 0.3 is 0 Å². The Labute approximate surface area is 124 Å². The normalized spacial score (nSPS) is 10.8. The van der Waals surface area contributed by atoms with Crippen molar-refractivity contribution in [3.05, 3.63) is 52.7 Å². The van der Waals surface area contributed by atoms with Crippen LogP contribution in [0, 0.1) is 6.92 Å². The summed E-state index contributed by atoms with van der Waals surface area (Å²) in [4.78, 5) is 4.30. The van der Waals surface area contributed by atoms with Gasteiger partial charge in [0.05, 0.1) is 5.02 Å². The molecule has 3 nitrogen and oxygen atoms in total. The van der Waals surface area contributed by atoms with Gasteiger partial charge in [0.25, 0.3) is 0 Å². The fraction of sp³-hybridized carbons (Fsp3) is 0.312. The first-order valence-corrected chi connectivity index (χ1v) is 7.05. The second-order valence-corrected chi connectivity index (χ2v) is 5.45. The second kappa shape index (κ2) is 6.73. The van der Waals surface area contributed by atoms with Crippen LogP contribution in [0.3, 0.4) is 0 Å². The van der Waals surface area contributed by atoms with E-state index in [0.29, 0.717) is 29.2 Å². The average molecular weight is 291 g/mol. The second-order valence-electron chi connectivity index (χ2n) is 5.04. The third-order valence-corrected chi connectivity index (χ3v) is 3.16. The average Bonchev–Trinajstić information content (AvgIpc) is 2.42. The quantitative estimate of drug-likeness (QED) is 0.890. The SMILES string of the molecule is Cc1ccc(Cl)c(Oc2ncccc2CNC(C)C)c1. The van der Waals surface area contributed by atoms with E-state index < -0.39 is 0 Å². The molecule has 0 aliphatic heterocycles. The van der Waals surface area contributed by atoms with E-state index in [9.17, 15) is 0 Å². The third kappa shape index (κ3) is 3.95. The van der Waals surface area contributed by atoms with Crippen molar-refractivity contribution in [2.75, 3.05) is 0 Å². The predicted molar refractivity (Wildman–Crippen MR) is 82.5 cm³/mol. The van der Waals surface area contributed by atoms with Crippen molar-refractivity contribution < 1.29 is 4.74 Å². The first-order chi connectivity index (χ1) is 9.56. The number of ether oxygens (including phenoxy) is 1. The van der Waals surface area contributed by atoms with Crippen molar-refractivity contribution >= 4 is 11.6 Å². The highest BCUT2D eigenvalue weighted by atomic mass is 35.5. The number of halogens is 1. The van der Waals surface area contributed by atoms with Gasteiger partial charge in [-0.1, -0.05) is 37.6 Å². The summed E-state index contributed by atoms with van der Waals surface area (Å²) in [6, 6.07) is 10.0. The van der Waals surface area contributed by atoms with Crippen LogP contribution in [-0.4, -0.2) is 11.0 Å². The van der Waals surface area contributed by atoms with Gasteiger partial charge in [-0.25, -0.2) is 4.98 Å². The predicted octanol–water partition coefficient (Wildman–Crippen LogP) is 4.33. The Morgan fingerprint density at radius 2 is 2.10 bits per heavy atom. The summed E-state index contributed by atoms with van der Waals surface area (Å²) in [5, 5.41) is 3.95. The molecule has 0 saturated carbocycles. The van der Waals surface area contributed by atoms with Crippen molar-refractivity contribution in [1.82, 2.24) is 10.3 Å². The van der Waals surface area contributed by atoms with Gasteiger partial charge in [0.1, 0.15) is 5.75 Å². The Kier molecular flexibility index (Phi) is 4.99. The van der Waals surface area contributed by atoms with Crippen LogP contribution < -0.4 is 10.1 Å². The Morgan fingerprint density at radius 1 is 1.30 bits per heavy atom. The van der Waals surface area contributed by atoms with E-state index in [1.807, 2.05) is 37.3 Å². The van der Waals surface area contributed by atoms with E-state index >= 15 is 0 Å². The van der Waals surface area contributed by atoms with Crippen LogP contribution in [0.4, 0.5) is 0 Å². The summed E-state index contributed by atoms with van der Waals surface area (Å²) < 4.78 is 5.87. The highest BCUT2D eigenvalue weighted by Crippen LogP contribution is 2.30. The van der Waals surface area contributed by atoms with Crippen LogP contribution in [0.1, 0.15) is 25.0 Å². The molecule has 1 N–H and O–H groups in total. The van der Waals surface area contributed by atoms with Gasteiger partial charge in [-0.2, -0.15) is 0 Å². The minimum absolute atomic E-state index is 0.408. The maximum atomic E-state index is 6.16. The van der Waals surface area contributed by atoms with Gasteiger partial charge in [0, 0.05) is 24.3 Å². The Morgan fingerprint density at radius 3 is 2.85 bits per heavy atom. The van der Waals surface area contributed by atoms with Crippen molar-refractivity contribution in [3.63, 3.8) is 0 Å². The number of hydrogen-bond acceptors (Lipinski definition) is 3. The molecule has 2 rings (SSSR count). The molecule has 2 aromatic rings. The molecular formula is C16H19ClN2O. The molecule has 0 radical (unpaired) electrons. The molecular weight excluding hydrogens is 272 g/mol. The molecule has 106 valence electrons. The van der Waals surface area contributed by atoms with Gasteiger partial charge in [-0.15, -0.1) is 0 Å². The molecule has 20 heavy (non-hydrogen) atoms. The van der Waals surface area contributed by atoms with Crippen molar-refractivity contribution in [2.45, 2.75) is 33.4 Å². The summed E-state index contributed by atoms with van der Waals surface area (Å²) in [5.41, 5.74) is 2.11. The third-order valence-electron chi connectivity index (χ3n) is 2.84. The Balaban J connectivity index is 2.22. The molecule has 0 aliphatic carbocycles. The summed E-state index contributed by atoms with van der Waals surface area (Å²) in [6.07, 6.45) is 1.72. The van der Waals surface area contributed by atoms with Crippen molar-refractivity contribution in [2.24, 2.45) is 0 Å². The van der Waals surface area contributed by atoms with Gasteiger partial charge < -0.3 is 10.1 Å². The monoisotopic (exact) mass is 290 g/mol. The molecule has 0 aliphatic rings. The lowest BCUT2D eigenvalue weighted by Gasteiger charge is -2.13. The zero-order valence-electron chi connectivity index (χ0n) is 12.0. The Bertz CT molecular complexity index is 584. The number of rotatable bonds is 5. The zero-order chi connectivity index (χ0) is 14.5. The molecule has 1 aromatic heterocycles. The van der Waals surface area contributed by atoms with E-state index in [1.54, 1.807) is 6.20 Å². The van der Waals surface area contributed by atoms with Gasteiger partial charge in [0.15, 0.2) is 0 Å². The van der Waals surface area contributed by atoms with E-state index in [2.05, 4.69) is 24.1 Å². The topological polar surface area (TPSA) is 34.1 Å². The smallest absolute Gasteiger partial charge is 0.223 e. The zero-order valence-corrected chi connectivity index (χ0v) is 12.7. The maximum Gasteiger partial charge on any atom is 0.223 e. The van der Waals surface area contributed by atoms with Gasteiger partial charge in [0.2, 0.25) is 5.88 Å². The number of pyridine rings is 1. The maximum absolute atomic E-state index is 6.16. The highest BCUT2D eigenvalue weighted by Gasteiger charge is 2.09. The number of hydrogen-bond donors (Lipinski definition) is 1. The fourth-order valence-corrected chi connectivity index (χ4v) is 1.91. The lowest BCUT2D eigenvalue weighted by Crippen LogP contribution is -2.22. The van der Waals surface area contributed by atoms with Crippen LogP contribution in [-0.2, 0) is 6.54 Å². The molecule has 0 fully saturated rings. The standard InChI is InChI=1S/C16H19ClN2O/c1-11(2)19-10-13-5-4-8-18-16(13)20-15-9-12(3)6-7-14(15)17/h4-9,11,19H,10H2,1-3H3. The van der Waals surface area contributed by atoms with Crippen LogP contribution in [0.2, 0.25) is 5.02 Å². The van der Waals surface area contributed by atoms with Crippen LogP contribution in [0.25, 0.3) is 0 Å². The van der Waals surface area contributed by atoms with E-state index in [0.717, 1.165) is 11.1 Å². The lowest BCUT2D eigenvalue weighted by molar-refractivity contribution is 0.450. The van der Waals surface area contributed by atoms with Crippen molar-refractivity contribution in [1.29, 1.82) is 0 Å². The van der Waals surface area contributed by atoms with Crippen LogP contribution in [0.5, 0.6) is 11.6 Å². The van der Waals surface area contributed by atoms with E-state index in [4.69, 9.17) is 16.3 Å². The summed E-state index contributed by atoms with van der Waals surface area (Å²) in [7, 11) is 0. The molecule has 0 amide bonds. The van der Waals surface area contributed by atoms with E-state index in [-0.39, 0.29) is 0 Å². The summed E-state index contributed by atoms with van der Waals surface area (Å²) in [6.45, 7) is 6.93. The van der Waals surface area contributed by atoms with Crippen molar-refractivity contribution in [3.8, 4) is 11.6 Å². The number of aromatic nitrogens is 1. The van der Waals surface area contributed by atoms with Crippen LogP contribution in [0.15, 0.2) is 36.5 Å². The number of nitrogens with zero attached hydrogens (tertiary/aromatic N) is 1. The molecule has 4 heteroatoms. The Hall–Kier alpha value is -1.58. The molecule has 1 aromatic carbocycles. The molecule has 0 saturated heterocycles. The van der Waals surface area contributed by atoms with Crippen LogP contribution >= 0.6 is 11.6 Å². The number of nitrogens with one attached hydrogen (secondary N) is 1. The number of aryl methyl sites for hydroxylation is 1. The molecule has 0 bridgehead atoms. The molecule has 0 atom stereocenters. The minimum Gasteiger partial charge on any atom is -0.437 e. The minimum atomic E-state index is 0.408. The molecule has 0 spiro atoms. The summed E-state index contributed by atoms with van der Waals surface area (Å²) in [5.74, 6) is 1.23. The first-order valence-electron chi connectivity index (χ1n) is 6.67. The van der Waals surface area contributed by atoms with Gasteiger partial charge in [-0.3, -0.25) is 0 Å².